The molecule has 3 rings (SSSR count). The summed E-state index contributed by atoms with van der Waals surface area (Å²) in [7, 11) is 1.62. The molecule has 1 fully saturated rings. The normalized spacial score (nSPS) is 15.3. The van der Waals surface area contributed by atoms with Gasteiger partial charge >= 0.3 is 0 Å². The molecule has 0 radical (unpaired) electrons. The monoisotopic (exact) mass is 368 g/mol. The number of nitrogens with zero attached hydrogens (tertiary/aromatic N) is 1. The Bertz CT molecular complexity index is 755. The van der Waals surface area contributed by atoms with Crippen LogP contribution in [0.4, 0.5) is 5.69 Å². The van der Waals surface area contributed by atoms with Crippen LogP contribution in [0.5, 0.6) is 11.5 Å². The molecule has 0 unspecified atom stereocenters. The van der Waals surface area contributed by atoms with Crippen LogP contribution in [0, 0.1) is 5.92 Å². The molecule has 0 spiro atoms. The zero-order valence-electron chi connectivity index (χ0n) is 16.1. The second-order valence-corrected chi connectivity index (χ2v) is 6.82. The molecular formula is C22H28N2O3. The molecular weight excluding hydrogens is 340 g/mol. The van der Waals surface area contributed by atoms with Crippen molar-refractivity contribution in [3.63, 3.8) is 0 Å². The van der Waals surface area contributed by atoms with E-state index in [4.69, 9.17) is 9.47 Å². The zero-order valence-corrected chi connectivity index (χ0v) is 16.1. The van der Waals surface area contributed by atoms with E-state index in [-0.39, 0.29) is 11.8 Å². The van der Waals surface area contributed by atoms with Crippen LogP contribution in [0.15, 0.2) is 48.5 Å². The van der Waals surface area contributed by atoms with Gasteiger partial charge in [-0.15, -0.1) is 0 Å². The van der Waals surface area contributed by atoms with Gasteiger partial charge in [-0.05, 0) is 62.7 Å². The van der Waals surface area contributed by atoms with E-state index in [0.717, 1.165) is 43.9 Å². The molecule has 1 aliphatic rings. The van der Waals surface area contributed by atoms with Crippen molar-refractivity contribution in [2.45, 2.75) is 26.3 Å². The van der Waals surface area contributed by atoms with Crippen molar-refractivity contribution in [2.75, 3.05) is 32.1 Å². The number of rotatable bonds is 7. The van der Waals surface area contributed by atoms with E-state index in [1.807, 2.05) is 43.3 Å². The van der Waals surface area contributed by atoms with E-state index in [9.17, 15) is 4.79 Å². The van der Waals surface area contributed by atoms with Gasteiger partial charge in [0.1, 0.15) is 11.5 Å². The van der Waals surface area contributed by atoms with Gasteiger partial charge in [0.05, 0.1) is 19.4 Å². The summed E-state index contributed by atoms with van der Waals surface area (Å²) >= 11 is 0. The fourth-order valence-electron chi connectivity index (χ4n) is 3.49. The van der Waals surface area contributed by atoms with Crippen molar-refractivity contribution in [1.82, 2.24) is 4.90 Å². The molecule has 0 aliphatic carbocycles. The van der Waals surface area contributed by atoms with E-state index in [2.05, 4.69) is 22.3 Å². The molecule has 0 aromatic heterocycles. The van der Waals surface area contributed by atoms with Gasteiger partial charge < -0.3 is 14.8 Å². The minimum absolute atomic E-state index is 0.0425. The second-order valence-electron chi connectivity index (χ2n) is 6.82. The molecule has 1 heterocycles. The molecule has 0 bridgehead atoms. The second kappa shape index (κ2) is 9.42. The van der Waals surface area contributed by atoms with Crippen LogP contribution in [0.3, 0.4) is 0 Å². The molecule has 1 N–H and O–H groups in total. The average molecular weight is 368 g/mol. The number of anilines is 1. The maximum Gasteiger partial charge on any atom is 0.227 e. The summed E-state index contributed by atoms with van der Waals surface area (Å²) in [5.41, 5.74) is 1.98. The van der Waals surface area contributed by atoms with Crippen molar-refractivity contribution in [2.24, 2.45) is 5.92 Å². The van der Waals surface area contributed by atoms with Gasteiger partial charge in [-0.2, -0.15) is 0 Å². The van der Waals surface area contributed by atoms with Gasteiger partial charge in [0, 0.05) is 12.5 Å². The zero-order chi connectivity index (χ0) is 19.1. The van der Waals surface area contributed by atoms with E-state index >= 15 is 0 Å². The first-order valence-electron chi connectivity index (χ1n) is 9.57. The van der Waals surface area contributed by atoms with Crippen LogP contribution in [0.2, 0.25) is 0 Å². The predicted octanol–water partition coefficient (Wildman–Crippen LogP) is 3.94. The fraction of sp³-hybridized carbons (Fsp3) is 0.409. The van der Waals surface area contributed by atoms with Crippen LogP contribution in [-0.4, -0.2) is 37.6 Å². The summed E-state index contributed by atoms with van der Waals surface area (Å²) in [5.74, 6) is 1.73. The lowest BCUT2D eigenvalue weighted by atomic mass is 9.95. The summed E-state index contributed by atoms with van der Waals surface area (Å²) in [6, 6.07) is 15.8. The minimum atomic E-state index is 0.0425. The number of nitrogens with one attached hydrogen (secondary N) is 1. The number of benzene rings is 2. The van der Waals surface area contributed by atoms with Crippen LogP contribution < -0.4 is 14.8 Å². The Kier molecular flexibility index (Phi) is 6.71. The molecule has 5 heteroatoms. The van der Waals surface area contributed by atoms with Gasteiger partial charge in [0.25, 0.3) is 0 Å². The summed E-state index contributed by atoms with van der Waals surface area (Å²) in [6.45, 7) is 5.40. The maximum atomic E-state index is 12.6. The highest BCUT2D eigenvalue weighted by Gasteiger charge is 2.25. The van der Waals surface area contributed by atoms with E-state index in [0.29, 0.717) is 12.4 Å². The molecule has 27 heavy (non-hydrogen) atoms. The van der Waals surface area contributed by atoms with Crippen LogP contribution in [0.25, 0.3) is 0 Å². The maximum absolute atomic E-state index is 12.6. The number of hydrogen-bond donors (Lipinski definition) is 1. The lowest BCUT2D eigenvalue weighted by Crippen LogP contribution is -2.37. The third-order valence-electron chi connectivity index (χ3n) is 4.94. The number of piperidine rings is 1. The van der Waals surface area contributed by atoms with Crippen molar-refractivity contribution in [3.8, 4) is 11.5 Å². The van der Waals surface area contributed by atoms with E-state index < -0.39 is 0 Å². The number of carbonyl (C=O) groups is 1. The number of carbonyl (C=O) groups excluding carboxylic acids is 1. The average Bonchev–Trinajstić information content (AvgIpc) is 2.69. The molecule has 0 saturated carbocycles. The SMILES string of the molecule is CCOc1cccc(CN2CCC(C(=O)Nc3ccccc3OC)CC2)c1. The molecule has 2 aromatic rings. The molecule has 5 nitrogen and oxygen atoms in total. The molecule has 1 aliphatic heterocycles. The number of likely N-dealkylation sites (tertiary alicyclic amines) is 1. The highest BCUT2D eigenvalue weighted by atomic mass is 16.5. The minimum Gasteiger partial charge on any atom is -0.495 e. The van der Waals surface area contributed by atoms with Crippen molar-refractivity contribution in [1.29, 1.82) is 0 Å². The largest absolute Gasteiger partial charge is 0.495 e. The standard InChI is InChI=1S/C22H28N2O3/c1-3-27-19-8-6-7-17(15-19)16-24-13-11-18(12-14-24)22(25)23-20-9-4-5-10-21(20)26-2/h4-10,15,18H,3,11-14,16H2,1-2H3,(H,23,25). The number of amides is 1. The predicted molar refractivity (Wildman–Crippen MR) is 107 cm³/mol. The number of ether oxygens (including phenoxy) is 2. The lowest BCUT2D eigenvalue weighted by molar-refractivity contribution is -0.121. The summed E-state index contributed by atoms with van der Waals surface area (Å²) in [5, 5.41) is 3.02. The molecule has 144 valence electrons. The van der Waals surface area contributed by atoms with Crippen molar-refractivity contribution >= 4 is 11.6 Å². The van der Waals surface area contributed by atoms with Crippen LogP contribution >= 0.6 is 0 Å². The highest BCUT2D eigenvalue weighted by Crippen LogP contribution is 2.26. The Hall–Kier alpha value is -2.53. The Morgan fingerprint density at radius 3 is 2.67 bits per heavy atom. The van der Waals surface area contributed by atoms with Gasteiger partial charge in [0.2, 0.25) is 5.91 Å². The Balaban J connectivity index is 1.51. The van der Waals surface area contributed by atoms with Gasteiger partial charge in [-0.25, -0.2) is 0 Å². The Labute approximate surface area is 161 Å². The highest BCUT2D eigenvalue weighted by molar-refractivity contribution is 5.94. The van der Waals surface area contributed by atoms with Crippen molar-refractivity contribution in [3.05, 3.63) is 54.1 Å². The van der Waals surface area contributed by atoms with Crippen molar-refractivity contribution < 1.29 is 14.3 Å². The van der Waals surface area contributed by atoms with Gasteiger partial charge in [0.15, 0.2) is 0 Å². The third-order valence-corrected chi connectivity index (χ3v) is 4.94. The van der Waals surface area contributed by atoms with Gasteiger partial charge in [-0.1, -0.05) is 24.3 Å². The number of methoxy groups -OCH3 is 1. The summed E-state index contributed by atoms with van der Waals surface area (Å²) in [6.07, 6.45) is 1.73. The first-order valence-corrected chi connectivity index (χ1v) is 9.57. The first-order chi connectivity index (χ1) is 13.2. The summed E-state index contributed by atoms with van der Waals surface area (Å²) < 4.78 is 10.9. The Morgan fingerprint density at radius 1 is 1.15 bits per heavy atom. The van der Waals surface area contributed by atoms with Crippen LogP contribution in [0.1, 0.15) is 25.3 Å². The van der Waals surface area contributed by atoms with Crippen LogP contribution in [-0.2, 0) is 11.3 Å². The van der Waals surface area contributed by atoms with Gasteiger partial charge in [-0.3, -0.25) is 9.69 Å². The third kappa shape index (κ3) is 5.23. The molecule has 1 amide bonds. The number of para-hydroxylation sites is 2. The lowest BCUT2D eigenvalue weighted by Gasteiger charge is -2.31. The first kappa shape index (κ1) is 19.2. The molecule has 1 saturated heterocycles. The topological polar surface area (TPSA) is 50.8 Å². The molecule has 0 atom stereocenters. The summed E-state index contributed by atoms with van der Waals surface area (Å²) in [4.78, 5) is 15.0. The fourth-order valence-corrected chi connectivity index (χ4v) is 3.49. The van der Waals surface area contributed by atoms with E-state index in [1.165, 1.54) is 5.56 Å². The smallest absolute Gasteiger partial charge is 0.227 e. The van der Waals surface area contributed by atoms with E-state index in [1.54, 1.807) is 7.11 Å². The Morgan fingerprint density at radius 2 is 1.93 bits per heavy atom. The quantitative estimate of drug-likeness (QED) is 0.804. The molecule has 2 aromatic carbocycles. The number of hydrogen-bond acceptors (Lipinski definition) is 4.